The molecule has 1 aliphatic rings. The van der Waals surface area contributed by atoms with E-state index in [1.807, 2.05) is 30.5 Å². The number of rotatable bonds is 6. The maximum absolute atomic E-state index is 5.83. The Balaban J connectivity index is 1.30. The lowest BCUT2D eigenvalue weighted by Gasteiger charge is -2.28. The Kier molecular flexibility index (Phi) is 5.39. The van der Waals surface area contributed by atoms with E-state index in [0.717, 1.165) is 41.4 Å². The number of nitrogens with zero attached hydrogens (tertiary/aromatic N) is 3. The molecule has 1 fully saturated rings. The number of para-hydroxylation sites is 1. The maximum Gasteiger partial charge on any atom is 0.213 e. The van der Waals surface area contributed by atoms with E-state index in [4.69, 9.17) is 9.72 Å². The van der Waals surface area contributed by atoms with Gasteiger partial charge in [-0.25, -0.2) is 9.97 Å². The molecule has 0 bridgehead atoms. The highest BCUT2D eigenvalue weighted by atomic mass is 16.5. The van der Waals surface area contributed by atoms with Gasteiger partial charge in [-0.2, -0.15) is 0 Å². The number of pyridine rings is 1. The summed E-state index contributed by atoms with van der Waals surface area (Å²) >= 11 is 0. The van der Waals surface area contributed by atoms with E-state index in [9.17, 15) is 0 Å². The second-order valence-electron chi connectivity index (χ2n) is 7.68. The van der Waals surface area contributed by atoms with Crippen molar-refractivity contribution < 1.29 is 4.74 Å². The first kappa shape index (κ1) is 18.0. The fourth-order valence-electron chi connectivity index (χ4n) is 3.82. The second kappa shape index (κ2) is 8.09. The van der Waals surface area contributed by atoms with Crippen LogP contribution < -0.4 is 4.74 Å². The average Bonchev–Trinajstić information content (AvgIpc) is 3.13. The first-order valence-electron chi connectivity index (χ1n) is 9.92. The Bertz CT molecular complexity index is 879. The zero-order valence-corrected chi connectivity index (χ0v) is 16.2. The van der Waals surface area contributed by atoms with E-state index in [-0.39, 0.29) is 0 Å². The van der Waals surface area contributed by atoms with Gasteiger partial charge in [-0.15, -0.1) is 0 Å². The second-order valence-corrected chi connectivity index (χ2v) is 7.68. The van der Waals surface area contributed by atoms with Gasteiger partial charge in [0.15, 0.2) is 0 Å². The number of ether oxygens (including phenoxy) is 1. The van der Waals surface area contributed by atoms with Gasteiger partial charge in [0.1, 0.15) is 5.82 Å². The molecule has 1 saturated heterocycles. The van der Waals surface area contributed by atoms with Crippen LogP contribution >= 0.6 is 0 Å². The van der Waals surface area contributed by atoms with Crippen LogP contribution in [-0.4, -0.2) is 46.6 Å². The summed E-state index contributed by atoms with van der Waals surface area (Å²) in [4.78, 5) is 14.9. The van der Waals surface area contributed by atoms with E-state index >= 15 is 0 Å². The van der Waals surface area contributed by atoms with Crippen molar-refractivity contribution in [2.24, 2.45) is 5.92 Å². The molecular weight excluding hydrogens is 336 g/mol. The third-order valence-corrected chi connectivity index (χ3v) is 5.57. The summed E-state index contributed by atoms with van der Waals surface area (Å²) in [5.41, 5.74) is 4.22. The number of piperidine rings is 1. The van der Waals surface area contributed by atoms with Crippen LogP contribution in [0.15, 0.2) is 36.5 Å². The molecule has 0 atom stereocenters. The quantitative estimate of drug-likeness (QED) is 0.657. The van der Waals surface area contributed by atoms with Crippen LogP contribution in [0.1, 0.15) is 31.2 Å². The van der Waals surface area contributed by atoms with Gasteiger partial charge in [0.2, 0.25) is 5.88 Å². The highest BCUT2D eigenvalue weighted by molar-refractivity contribution is 5.82. The summed E-state index contributed by atoms with van der Waals surface area (Å²) < 4.78 is 5.83. The molecule has 5 heteroatoms. The topological polar surface area (TPSA) is 54.0 Å². The molecule has 3 heterocycles. The third-order valence-electron chi connectivity index (χ3n) is 5.57. The Labute approximate surface area is 160 Å². The fraction of sp³-hybridized carbons (Fsp3) is 0.455. The molecular formula is C22H28N4O. The number of fused-ring (bicyclic) bond motifs is 1. The van der Waals surface area contributed by atoms with Crippen molar-refractivity contribution in [2.75, 3.05) is 26.7 Å². The van der Waals surface area contributed by atoms with Crippen molar-refractivity contribution in [3.05, 3.63) is 42.1 Å². The Hall–Kier alpha value is -2.40. The maximum atomic E-state index is 5.83. The zero-order chi connectivity index (χ0) is 18.6. The third kappa shape index (κ3) is 4.30. The lowest BCUT2D eigenvalue weighted by atomic mass is 9.93. The summed E-state index contributed by atoms with van der Waals surface area (Å²) in [7, 11) is 2.21. The lowest BCUT2D eigenvalue weighted by Crippen LogP contribution is -2.30. The summed E-state index contributed by atoms with van der Waals surface area (Å²) in [6, 6.07) is 10.1. The number of aromatic amines is 1. The standard InChI is InChI=1S/C22H28N4O/c1-16-5-3-7-19-21(16)25-22(24-19)18-8-9-20(23-15-18)27-14-4-6-17-10-12-26(2)13-11-17/h3,5,7-9,15,17H,4,6,10-14H2,1-2H3,(H,24,25). The summed E-state index contributed by atoms with van der Waals surface area (Å²) in [5, 5.41) is 0. The van der Waals surface area contributed by atoms with Crippen molar-refractivity contribution in [3.8, 4) is 17.3 Å². The van der Waals surface area contributed by atoms with Gasteiger partial charge in [-0.1, -0.05) is 12.1 Å². The molecule has 142 valence electrons. The molecule has 1 aromatic carbocycles. The van der Waals surface area contributed by atoms with Gasteiger partial charge in [0.25, 0.3) is 0 Å². The number of benzene rings is 1. The van der Waals surface area contributed by atoms with Crippen molar-refractivity contribution >= 4 is 11.0 Å². The van der Waals surface area contributed by atoms with E-state index in [1.54, 1.807) is 0 Å². The largest absolute Gasteiger partial charge is 0.478 e. The highest BCUT2D eigenvalue weighted by Crippen LogP contribution is 2.24. The number of aryl methyl sites for hydroxylation is 1. The van der Waals surface area contributed by atoms with Crippen LogP contribution in [0, 0.1) is 12.8 Å². The molecule has 5 nitrogen and oxygen atoms in total. The molecule has 4 rings (SSSR count). The van der Waals surface area contributed by atoms with Crippen LogP contribution in [0.3, 0.4) is 0 Å². The average molecular weight is 364 g/mol. The Morgan fingerprint density at radius 2 is 2.04 bits per heavy atom. The van der Waals surface area contributed by atoms with E-state index in [0.29, 0.717) is 5.88 Å². The molecule has 0 amide bonds. The van der Waals surface area contributed by atoms with Gasteiger partial charge in [-0.3, -0.25) is 0 Å². The number of H-pyrrole nitrogens is 1. The van der Waals surface area contributed by atoms with Crippen LogP contribution in [0.4, 0.5) is 0 Å². The zero-order valence-electron chi connectivity index (χ0n) is 16.2. The summed E-state index contributed by atoms with van der Waals surface area (Å²) in [5.74, 6) is 2.40. The Morgan fingerprint density at radius 1 is 1.19 bits per heavy atom. The van der Waals surface area contributed by atoms with Gasteiger partial charge >= 0.3 is 0 Å². The number of likely N-dealkylation sites (tertiary alicyclic amines) is 1. The normalized spacial score (nSPS) is 16.1. The first-order chi connectivity index (χ1) is 13.2. The number of nitrogens with one attached hydrogen (secondary N) is 1. The van der Waals surface area contributed by atoms with Crippen molar-refractivity contribution in [1.29, 1.82) is 0 Å². The van der Waals surface area contributed by atoms with Crippen molar-refractivity contribution in [3.63, 3.8) is 0 Å². The van der Waals surface area contributed by atoms with Gasteiger partial charge in [0.05, 0.1) is 17.6 Å². The lowest BCUT2D eigenvalue weighted by molar-refractivity contribution is 0.199. The molecule has 0 spiro atoms. The molecule has 0 unspecified atom stereocenters. The monoisotopic (exact) mass is 364 g/mol. The van der Waals surface area contributed by atoms with Crippen LogP contribution in [-0.2, 0) is 0 Å². The molecule has 2 aromatic heterocycles. The van der Waals surface area contributed by atoms with Crippen LogP contribution in [0.5, 0.6) is 5.88 Å². The minimum absolute atomic E-state index is 0.689. The van der Waals surface area contributed by atoms with Crippen LogP contribution in [0.2, 0.25) is 0 Å². The van der Waals surface area contributed by atoms with Crippen molar-refractivity contribution in [1.82, 2.24) is 19.9 Å². The number of aromatic nitrogens is 3. The molecule has 1 aliphatic heterocycles. The highest BCUT2D eigenvalue weighted by Gasteiger charge is 2.16. The molecule has 0 radical (unpaired) electrons. The molecule has 0 saturated carbocycles. The predicted octanol–water partition coefficient (Wildman–Crippen LogP) is 4.43. The summed E-state index contributed by atoms with van der Waals surface area (Å²) in [6.07, 6.45) is 6.82. The minimum Gasteiger partial charge on any atom is -0.478 e. The van der Waals surface area contributed by atoms with Gasteiger partial charge in [-0.05, 0) is 76.4 Å². The SMILES string of the molecule is Cc1cccc2[nH]c(-c3ccc(OCCCC4CCN(C)CC4)nc3)nc12. The number of imidazole rings is 1. The number of hydrogen-bond acceptors (Lipinski definition) is 4. The smallest absolute Gasteiger partial charge is 0.213 e. The first-order valence-corrected chi connectivity index (χ1v) is 9.92. The molecule has 1 N–H and O–H groups in total. The predicted molar refractivity (Wildman–Crippen MR) is 109 cm³/mol. The molecule has 0 aliphatic carbocycles. The van der Waals surface area contributed by atoms with Crippen molar-refractivity contribution in [2.45, 2.75) is 32.6 Å². The van der Waals surface area contributed by atoms with E-state index < -0.39 is 0 Å². The Morgan fingerprint density at radius 3 is 2.78 bits per heavy atom. The summed E-state index contributed by atoms with van der Waals surface area (Å²) in [6.45, 7) is 5.28. The molecule has 27 heavy (non-hydrogen) atoms. The number of hydrogen-bond donors (Lipinski definition) is 1. The van der Waals surface area contributed by atoms with Gasteiger partial charge in [0, 0.05) is 17.8 Å². The van der Waals surface area contributed by atoms with Crippen LogP contribution in [0.25, 0.3) is 22.4 Å². The van der Waals surface area contributed by atoms with Gasteiger partial charge < -0.3 is 14.6 Å². The fourth-order valence-corrected chi connectivity index (χ4v) is 3.82. The minimum atomic E-state index is 0.689. The molecule has 3 aromatic rings. The van der Waals surface area contributed by atoms with E-state index in [2.05, 4.69) is 34.9 Å². The van der Waals surface area contributed by atoms with E-state index in [1.165, 1.54) is 37.9 Å².